The molecule has 9 nitrogen and oxygen atoms in total. The minimum absolute atomic E-state index is 0.148. The molecule has 1 amide bonds. The fourth-order valence-electron chi connectivity index (χ4n) is 2.84. The van der Waals surface area contributed by atoms with Crippen molar-refractivity contribution in [3.8, 4) is 0 Å². The summed E-state index contributed by atoms with van der Waals surface area (Å²) < 4.78 is 27.8. The second-order valence-electron chi connectivity index (χ2n) is 6.23. The van der Waals surface area contributed by atoms with Crippen LogP contribution in [0.4, 0.5) is 5.82 Å². The summed E-state index contributed by atoms with van der Waals surface area (Å²) in [6, 6.07) is 6.59. The number of anilines is 1. The van der Waals surface area contributed by atoms with Gasteiger partial charge in [0.05, 0.1) is 22.1 Å². The van der Waals surface area contributed by atoms with Gasteiger partial charge in [-0.3, -0.25) is 9.89 Å². The first-order valence-corrected chi connectivity index (χ1v) is 9.98. The predicted octanol–water partition coefficient (Wildman–Crippen LogP) is 1.60. The number of aryl methyl sites for hydroxylation is 2. The number of amides is 1. The van der Waals surface area contributed by atoms with Crippen LogP contribution < -0.4 is 5.32 Å². The number of nitrogens with zero attached hydrogens (tertiary/aromatic N) is 4. The normalized spacial score (nSPS) is 12.0. The van der Waals surface area contributed by atoms with Gasteiger partial charge in [0.2, 0.25) is 15.9 Å². The summed E-state index contributed by atoms with van der Waals surface area (Å²) in [5, 5.41) is 9.18. The van der Waals surface area contributed by atoms with Gasteiger partial charge in [0.1, 0.15) is 11.6 Å². The van der Waals surface area contributed by atoms with Crippen molar-refractivity contribution in [3.63, 3.8) is 0 Å². The number of hydrogen-bond donors (Lipinski definition) is 2. The maximum absolute atomic E-state index is 12.3. The molecule has 2 N–H and O–H groups in total. The zero-order valence-corrected chi connectivity index (χ0v) is 16.2. The van der Waals surface area contributed by atoms with E-state index in [1.807, 2.05) is 11.5 Å². The number of aromatic nitrogens is 4. The van der Waals surface area contributed by atoms with Crippen molar-refractivity contribution in [2.45, 2.75) is 31.2 Å². The van der Waals surface area contributed by atoms with Crippen molar-refractivity contribution in [1.82, 2.24) is 24.1 Å². The molecule has 0 fully saturated rings. The molecule has 3 aromatic rings. The Labute approximate surface area is 157 Å². The molecule has 0 aliphatic heterocycles. The third-order valence-corrected chi connectivity index (χ3v) is 6.06. The number of fused-ring (bicyclic) bond motifs is 1. The quantitative estimate of drug-likeness (QED) is 0.636. The maximum Gasteiger partial charge on any atom is 0.242 e. The van der Waals surface area contributed by atoms with Gasteiger partial charge in [0.25, 0.3) is 0 Å². The summed E-state index contributed by atoms with van der Waals surface area (Å²) in [6.07, 6.45) is 2.26. The second kappa shape index (κ2) is 7.49. The Bertz CT molecular complexity index is 1050. The lowest BCUT2D eigenvalue weighted by Crippen LogP contribution is -2.22. The Morgan fingerprint density at radius 1 is 1.30 bits per heavy atom. The van der Waals surface area contributed by atoms with Gasteiger partial charge in [0, 0.05) is 39.5 Å². The minimum atomic E-state index is -3.52. The molecule has 3 rings (SSSR count). The molecule has 0 radical (unpaired) electrons. The fourth-order valence-corrected chi connectivity index (χ4v) is 3.76. The van der Waals surface area contributed by atoms with Crippen LogP contribution in [-0.2, 0) is 27.8 Å². The van der Waals surface area contributed by atoms with Crippen molar-refractivity contribution in [2.75, 3.05) is 19.4 Å². The van der Waals surface area contributed by atoms with Gasteiger partial charge in [-0.1, -0.05) is 0 Å². The lowest BCUT2D eigenvalue weighted by atomic mass is 10.2. The molecule has 2 heterocycles. The summed E-state index contributed by atoms with van der Waals surface area (Å²) in [4.78, 5) is 16.8. The van der Waals surface area contributed by atoms with Gasteiger partial charge in [0.15, 0.2) is 0 Å². The van der Waals surface area contributed by atoms with E-state index < -0.39 is 10.0 Å². The second-order valence-corrected chi connectivity index (χ2v) is 8.38. The largest absolute Gasteiger partial charge is 0.328 e. The summed E-state index contributed by atoms with van der Waals surface area (Å²) in [5.74, 6) is 1.14. The molecule has 0 saturated carbocycles. The van der Waals surface area contributed by atoms with Gasteiger partial charge in [-0.15, -0.1) is 0 Å². The Hall–Kier alpha value is -2.72. The summed E-state index contributed by atoms with van der Waals surface area (Å²) in [7, 11) is -0.535. The average molecular weight is 390 g/mol. The molecule has 1 aromatic carbocycles. The number of rotatable bonds is 7. The molecule has 0 saturated heterocycles. The summed E-state index contributed by atoms with van der Waals surface area (Å²) >= 11 is 0. The number of nitrogens with one attached hydrogen (secondary N) is 2. The van der Waals surface area contributed by atoms with E-state index >= 15 is 0 Å². The van der Waals surface area contributed by atoms with Crippen LogP contribution in [0, 0.1) is 0 Å². The number of aromatic amines is 1. The van der Waals surface area contributed by atoms with E-state index in [0.717, 1.165) is 11.3 Å². The molecule has 0 bridgehead atoms. The molecular weight excluding hydrogens is 368 g/mol. The molecule has 144 valence electrons. The molecule has 27 heavy (non-hydrogen) atoms. The van der Waals surface area contributed by atoms with Crippen molar-refractivity contribution in [2.24, 2.45) is 0 Å². The smallest absolute Gasteiger partial charge is 0.242 e. The highest BCUT2D eigenvalue weighted by Crippen LogP contribution is 2.22. The van der Waals surface area contributed by atoms with Crippen molar-refractivity contribution < 1.29 is 13.2 Å². The zero-order chi connectivity index (χ0) is 19.6. The molecule has 0 unspecified atom stereocenters. The number of imidazole rings is 1. The third kappa shape index (κ3) is 3.86. The average Bonchev–Trinajstić information content (AvgIpc) is 3.25. The van der Waals surface area contributed by atoms with E-state index in [1.54, 1.807) is 30.5 Å². The Kier molecular flexibility index (Phi) is 5.29. The molecule has 0 atom stereocenters. The Balaban J connectivity index is 1.84. The van der Waals surface area contributed by atoms with E-state index in [9.17, 15) is 13.2 Å². The first-order valence-electron chi connectivity index (χ1n) is 8.54. The number of sulfonamides is 1. The van der Waals surface area contributed by atoms with Gasteiger partial charge in [-0.05, 0) is 25.1 Å². The van der Waals surface area contributed by atoms with Crippen LogP contribution in [0.1, 0.15) is 19.2 Å². The van der Waals surface area contributed by atoms with Gasteiger partial charge >= 0.3 is 0 Å². The minimum Gasteiger partial charge on any atom is -0.328 e. The highest BCUT2D eigenvalue weighted by molar-refractivity contribution is 7.89. The molecule has 0 spiro atoms. The molecule has 0 aliphatic carbocycles. The van der Waals surface area contributed by atoms with Gasteiger partial charge < -0.3 is 9.88 Å². The SMILES string of the molecule is CCn1c(CCC(=O)Nc2ccn[nH]2)nc2cc(S(=O)(=O)N(C)C)ccc21. The number of carbonyl (C=O) groups is 1. The molecular formula is C17H22N6O3S. The van der Waals surface area contributed by atoms with Crippen LogP contribution in [-0.4, -0.2) is 52.5 Å². The van der Waals surface area contributed by atoms with E-state index in [0.29, 0.717) is 24.3 Å². The molecule has 0 aliphatic rings. The lowest BCUT2D eigenvalue weighted by molar-refractivity contribution is -0.116. The zero-order valence-electron chi connectivity index (χ0n) is 15.4. The first kappa shape index (κ1) is 19.1. The van der Waals surface area contributed by atoms with Crippen LogP contribution in [0.15, 0.2) is 35.4 Å². The van der Waals surface area contributed by atoms with E-state index in [-0.39, 0.29) is 17.2 Å². The van der Waals surface area contributed by atoms with Gasteiger partial charge in [-0.2, -0.15) is 5.10 Å². The first-order chi connectivity index (χ1) is 12.8. The number of H-pyrrole nitrogens is 1. The highest BCUT2D eigenvalue weighted by atomic mass is 32.2. The van der Waals surface area contributed by atoms with E-state index in [2.05, 4.69) is 20.5 Å². The van der Waals surface area contributed by atoms with E-state index in [4.69, 9.17) is 0 Å². The number of hydrogen-bond acceptors (Lipinski definition) is 5. The van der Waals surface area contributed by atoms with Crippen molar-refractivity contribution in [3.05, 3.63) is 36.3 Å². The lowest BCUT2D eigenvalue weighted by Gasteiger charge is -2.11. The topological polar surface area (TPSA) is 113 Å². The van der Waals surface area contributed by atoms with Crippen LogP contribution in [0.2, 0.25) is 0 Å². The van der Waals surface area contributed by atoms with Crippen LogP contribution in [0.25, 0.3) is 11.0 Å². The Morgan fingerprint density at radius 2 is 2.07 bits per heavy atom. The highest BCUT2D eigenvalue weighted by Gasteiger charge is 2.19. The predicted molar refractivity (Wildman–Crippen MR) is 102 cm³/mol. The third-order valence-electron chi connectivity index (χ3n) is 4.24. The Morgan fingerprint density at radius 3 is 2.70 bits per heavy atom. The number of carbonyl (C=O) groups excluding carboxylic acids is 1. The number of benzene rings is 1. The fraction of sp³-hybridized carbons (Fsp3) is 0.353. The van der Waals surface area contributed by atoms with Gasteiger partial charge in [-0.25, -0.2) is 17.7 Å². The summed E-state index contributed by atoms with van der Waals surface area (Å²) in [5.41, 5.74) is 1.45. The van der Waals surface area contributed by atoms with Crippen LogP contribution in [0.3, 0.4) is 0 Å². The molecule has 10 heteroatoms. The van der Waals surface area contributed by atoms with Crippen molar-refractivity contribution >= 4 is 32.8 Å². The van der Waals surface area contributed by atoms with E-state index in [1.165, 1.54) is 18.4 Å². The van der Waals surface area contributed by atoms with Crippen LogP contribution in [0.5, 0.6) is 0 Å². The van der Waals surface area contributed by atoms with Crippen LogP contribution >= 0.6 is 0 Å². The maximum atomic E-state index is 12.3. The standard InChI is InChI=1S/C17H22N6O3S/c1-4-23-14-6-5-12(27(25,26)22(2)3)11-13(14)19-16(23)7-8-17(24)20-15-9-10-18-21-15/h5-6,9-11H,4,7-8H2,1-3H3,(H2,18,20,21,24). The summed E-state index contributed by atoms with van der Waals surface area (Å²) in [6.45, 7) is 2.66. The van der Waals surface area contributed by atoms with Crippen molar-refractivity contribution in [1.29, 1.82) is 0 Å². The molecule has 2 aromatic heterocycles. The monoisotopic (exact) mass is 390 g/mol.